The van der Waals surface area contributed by atoms with Gasteiger partial charge in [-0.1, -0.05) is 26.8 Å². The molecule has 0 aromatic heterocycles. The first-order valence-electron chi connectivity index (χ1n) is 6.34. The monoisotopic (exact) mass is 280 g/mol. The number of nitro groups is 1. The van der Waals surface area contributed by atoms with Crippen LogP contribution in [0.3, 0.4) is 0 Å². The van der Waals surface area contributed by atoms with Crippen molar-refractivity contribution in [3.05, 3.63) is 39.4 Å². The van der Waals surface area contributed by atoms with Crippen LogP contribution in [0.4, 0.5) is 10.5 Å². The standard InChI is InChI=1S/C14H20N2O4/c1-9(20-13(17)15-5)11-8-10(14(2,3)4)6-7-12(11)16(18)19/h6-9H,1-5H3,(H,15,17). The normalized spacial score (nSPS) is 12.7. The van der Waals surface area contributed by atoms with Gasteiger partial charge in [-0.25, -0.2) is 4.79 Å². The number of alkyl carbamates (subject to hydrolysis) is 1. The van der Waals surface area contributed by atoms with Crippen molar-refractivity contribution in [3.63, 3.8) is 0 Å². The largest absolute Gasteiger partial charge is 0.441 e. The van der Waals surface area contributed by atoms with Crippen molar-refractivity contribution >= 4 is 11.8 Å². The van der Waals surface area contributed by atoms with Crippen LogP contribution in [0.15, 0.2) is 18.2 Å². The molecule has 1 rings (SSSR count). The molecule has 0 spiro atoms. The molecule has 0 heterocycles. The fourth-order valence-corrected chi connectivity index (χ4v) is 1.80. The first kappa shape index (κ1) is 15.9. The predicted molar refractivity (Wildman–Crippen MR) is 75.8 cm³/mol. The van der Waals surface area contributed by atoms with Crippen molar-refractivity contribution in [2.24, 2.45) is 0 Å². The molecule has 1 amide bonds. The van der Waals surface area contributed by atoms with Gasteiger partial charge >= 0.3 is 6.09 Å². The van der Waals surface area contributed by atoms with E-state index in [9.17, 15) is 14.9 Å². The molecule has 0 aliphatic heterocycles. The molecule has 0 fully saturated rings. The second kappa shape index (κ2) is 5.90. The van der Waals surface area contributed by atoms with Gasteiger partial charge in [0.25, 0.3) is 5.69 Å². The number of carbonyl (C=O) groups excluding carboxylic acids is 1. The number of carbonyl (C=O) groups is 1. The summed E-state index contributed by atoms with van der Waals surface area (Å²) in [5.74, 6) is 0. The molecule has 1 aromatic carbocycles. The highest BCUT2D eigenvalue weighted by molar-refractivity contribution is 5.67. The molecule has 20 heavy (non-hydrogen) atoms. The molecule has 0 radical (unpaired) electrons. The van der Waals surface area contributed by atoms with Crippen LogP contribution in [0, 0.1) is 10.1 Å². The van der Waals surface area contributed by atoms with E-state index in [-0.39, 0.29) is 11.1 Å². The Labute approximate surface area is 118 Å². The van der Waals surface area contributed by atoms with Gasteiger partial charge in [0.2, 0.25) is 0 Å². The second-order valence-electron chi connectivity index (χ2n) is 5.58. The Morgan fingerprint density at radius 3 is 2.45 bits per heavy atom. The summed E-state index contributed by atoms with van der Waals surface area (Å²) in [7, 11) is 1.44. The fraction of sp³-hybridized carbons (Fsp3) is 0.500. The Bertz CT molecular complexity index is 520. The first-order chi connectivity index (χ1) is 9.16. The topological polar surface area (TPSA) is 81.5 Å². The van der Waals surface area contributed by atoms with E-state index in [1.807, 2.05) is 20.8 Å². The quantitative estimate of drug-likeness (QED) is 0.680. The zero-order valence-electron chi connectivity index (χ0n) is 12.4. The SMILES string of the molecule is CNC(=O)OC(C)c1cc(C(C)(C)C)ccc1[N+](=O)[O-]. The zero-order chi connectivity index (χ0) is 15.5. The Hall–Kier alpha value is -2.11. The lowest BCUT2D eigenvalue weighted by Crippen LogP contribution is -2.21. The molecule has 6 heteroatoms. The highest BCUT2D eigenvalue weighted by atomic mass is 16.6. The lowest BCUT2D eigenvalue weighted by Gasteiger charge is -2.21. The summed E-state index contributed by atoms with van der Waals surface area (Å²) in [4.78, 5) is 21.9. The summed E-state index contributed by atoms with van der Waals surface area (Å²) in [6.45, 7) is 7.66. The van der Waals surface area contributed by atoms with Crippen LogP contribution in [-0.4, -0.2) is 18.1 Å². The molecule has 0 saturated carbocycles. The van der Waals surface area contributed by atoms with E-state index in [2.05, 4.69) is 5.32 Å². The summed E-state index contributed by atoms with van der Waals surface area (Å²) >= 11 is 0. The maximum absolute atomic E-state index is 11.3. The number of hydrogen-bond donors (Lipinski definition) is 1. The molecule has 6 nitrogen and oxygen atoms in total. The summed E-state index contributed by atoms with van der Waals surface area (Å²) in [6.07, 6.45) is -1.31. The van der Waals surface area contributed by atoms with Gasteiger partial charge in [0.1, 0.15) is 6.10 Å². The van der Waals surface area contributed by atoms with E-state index in [1.165, 1.54) is 13.1 Å². The third-order valence-corrected chi connectivity index (χ3v) is 3.02. The lowest BCUT2D eigenvalue weighted by molar-refractivity contribution is -0.386. The number of benzene rings is 1. The molecular weight excluding hydrogens is 260 g/mol. The average Bonchev–Trinajstić information content (AvgIpc) is 2.36. The van der Waals surface area contributed by atoms with Crippen LogP contribution < -0.4 is 5.32 Å². The van der Waals surface area contributed by atoms with E-state index < -0.39 is 17.1 Å². The van der Waals surface area contributed by atoms with E-state index >= 15 is 0 Å². The Kier molecular flexibility index (Phi) is 4.70. The van der Waals surface area contributed by atoms with Crippen LogP contribution in [0.5, 0.6) is 0 Å². The highest BCUT2D eigenvalue weighted by Crippen LogP contribution is 2.32. The maximum Gasteiger partial charge on any atom is 0.407 e. The number of hydrogen-bond acceptors (Lipinski definition) is 4. The summed E-state index contributed by atoms with van der Waals surface area (Å²) in [5, 5.41) is 13.4. The molecule has 1 atom stereocenters. The summed E-state index contributed by atoms with van der Waals surface area (Å²) in [5.41, 5.74) is 1.15. The Morgan fingerprint density at radius 2 is 2.00 bits per heavy atom. The molecule has 1 N–H and O–H groups in total. The van der Waals surface area contributed by atoms with Gasteiger partial charge in [-0.05, 0) is 24.0 Å². The van der Waals surface area contributed by atoms with Crippen molar-refractivity contribution in [3.8, 4) is 0 Å². The molecule has 110 valence electrons. The van der Waals surface area contributed by atoms with Gasteiger partial charge in [0.05, 0.1) is 10.5 Å². The van der Waals surface area contributed by atoms with Gasteiger partial charge in [-0.2, -0.15) is 0 Å². The predicted octanol–water partition coefficient (Wildman–Crippen LogP) is 3.31. The van der Waals surface area contributed by atoms with Crippen LogP contribution in [-0.2, 0) is 10.2 Å². The van der Waals surface area contributed by atoms with Crippen LogP contribution in [0.2, 0.25) is 0 Å². The maximum atomic E-state index is 11.3. The number of nitrogens with zero attached hydrogens (tertiary/aromatic N) is 1. The van der Waals surface area contributed by atoms with E-state index in [0.717, 1.165) is 5.56 Å². The smallest absolute Gasteiger partial charge is 0.407 e. The minimum Gasteiger partial charge on any atom is -0.441 e. The van der Waals surface area contributed by atoms with Crippen LogP contribution in [0.25, 0.3) is 0 Å². The van der Waals surface area contributed by atoms with Gasteiger partial charge in [0.15, 0.2) is 0 Å². The van der Waals surface area contributed by atoms with Crippen molar-refractivity contribution in [1.82, 2.24) is 5.32 Å². The Balaban J connectivity index is 3.25. The molecular formula is C14H20N2O4. The molecule has 0 aliphatic carbocycles. The first-order valence-corrected chi connectivity index (χ1v) is 6.34. The lowest BCUT2D eigenvalue weighted by atomic mass is 9.85. The van der Waals surface area contributed by atoms with Crippen LogP contribution >= 0.6 is 0 Å². The number of nitro benzene ring substituents is 1. The number of rotatable bonds is 3. The van der Waals surface area contributed by atoms with Gasteiger partial charge < -0.3 is 10.1 Å². The van der Waals surface area contributed by atoms with Crippen molar-refractivity contribution < 1.29 is 14.5 Å². The molecule has 1 unspecified atom stereocenters. The number of ether oxygens (including phenoxy) is 1. The Morgan fingerprint density at radius 1 is 1.40 bits per heavy atom. The molecule has 0 aliphatic rings. The van der Waals surface area contributed by atoms with Gasteiger partial charge in [0, 0.05) is 13.1 Å². The molecule has 0 saturated heterocycles. The minimum absolute atomic E-state index is 0.0468. The third kappa shape index (κ3) is 3.69. The molecule has 0 bridgehead atoms. The minimum atomic E-state index is -0.697. The van der Waals surface area contributed by atoms with E-state index in [1.54, 1.807) is 19.1 Å². The summed E-state index contributed by atoms with van der Waals surface area (Å²) < 4.78 is 5.09. The fourth-order valence-electron chi connectivity index (χ4n) is 1.80. The highest BCUT2D eigenvalue weighted by Gasteiger charge is 2.25. The van der Waals surface area contributed by atoms with Crippen molar-refractivity contribution in [2.75, 3.05) is 7.05 Å². The second-order valence-corrected chi connectivity index (χ2v) is 5.58. The molecule has 1 aromatic rings. The van der Waals surface area contributed by atoms with E-state index in [0.29, 0.717) is 5.56 Å². The van der Waals surface area contributed by atoms with Crippen molar-refractivity contribution in [1.29, 1.82) is 0 Å². The average molecular weight is 280 g/mol. The number of amides is 1. The number of nitrogens with one attached hydrogen (secondary N) is 1. The third-order valence-electron chi connectivity index (χ3n) is 3.02. The van der Waals surface area contributed by atoms with Gasteiger partial charge in [-0.15, -0.1) is 0 Å². The van der Waals surface area contributed by atoms with E-state index in [4.69, 9.17) is 4.74 Å². The van der Waals surface area contributed by atoms with Gasteiger partial charge in [-0.3, -0.25) is 10.1 Å². The van der Waals surface area contributed by atoms with Crippen molar-refractivity contribution in [2.45, 2.75) is 39.2 Å². The van der Waals surface area contributed by atoms with Crippen LogP contribution in [0.1, 0.15) is 44.9 Å². The summed E-state index contributed by atoms with van der Waals surface area (Å²) in [6, 6.07) is 4.92. The zero-order valence-corrected chi connectivity index (χ0v) is 12.4.